The van der Waals surface area contributed by atoms with Gasteiger partial charge in [0, 0.05) is 23.9 Å². The maximum Gasteiger partial charge on any atom is 0.269 e. The second-order valence-electron chi connectivity index (χ2n) is 5.73. The molecule has 0 saturated carbocycles. The first-order chi connectivity index (χ1) is 12.5. The highest BCUT2D eigenvalue weighted by atomic mass is 32.2. The van der Waals surface area contributed by atoms with Gasteiger partial charge in [0.25, 0.3) is 11.2 Å². The summed E-state index contributed by atoms with van der Waals surface area (Å²) >= 11 is 1.39. The molecule has 0 aliphatic carbocycles. The summed E-state index contributed by atoms with van der Waals surface area (Å²) in [5.74, 6) is 0. The minimum absolute atomic E-state index is 0.0462. The van der Waals surface area contributed by atoms with Gasteiger partial charge in [0.05, 0.1) is 15.8 Å². The predicted molar refractivity (Wildman–Crippen MR) is 104 cm³/mol. The molecule has 0 N–H and O–H groups in total. The Morgan fingerprint density at radius 2 is 2.08 bits per heavy atom. The normalized spacial score (nSPS) is 12.0. The third kappa shape index (κ3) is 3.52. The van der Waals surface area contributed by atoms with E-state index in [2.05, 4.69) is 11.6 Å². The first-order valence-corrected chi connectivity index (χ1v) is 8.90. The van der Waals surface area contributed by atoms with Gasteiger partial charge in [-0.2, -0.15) is 0 Å². The van der Waals surface area contributed by atoms with Gasteiger partial charge in [-0.05, 0) is 24.6 Å². The number of rotatable bonds is 6. The average Bonchev–Trinajstić information content (AvgIpc) is 2.65. The van der Waals surface area contributed by atoms with E-state index in [1.807, 2.05) is 25.1 Å². The van der Waals surface area contributed by atoms with Gasteiger partial charge in [-0.25, -0.2) is 4.98 Å². The van der Waals surface area contributed by atoms with Crippen molar-refractivity contribution >= 4 is 28.4 Å². The maximum absolute atomic E-state index is 12.8. The average molecular weight is 367 g/mol. The van der Waals surface area contributed by atoms with Crippen LogP contribution in [0.1, 0.15) is 17.7 Å². The maximum atomic E-state index is 12.8. The molecule has 0 spiro atoms. The van der Waals surface area contributed by atoms with Crippen molar-refractivity contribution in [1.82, 2.24) is 9.55 Å². The molecule has 0 bridgehead atoms. The molecule has 6 nitrogen and oxygen atoms in total. The second kappa shape index (κ2) is 7.53. The fraction of sp³-hybridized carbons (Fsp3) is 0.158. The number of benzene rings is 2. The van der Waals surface area contributed by atoms with Crippen LogP contribution >= 0.6 is 11.8 Å². The van der Waals surface area contributed by atoms with Crippen LogP contribution in [0.15, 0.2) is 71.1 Å². The molecule has 3 rings (SSSR count). The number of hydrogen-bond donors (Lipinski definition) is 0. The molecular formula is C19H17N3O3S. The molecule has 1 heterocycles. The number of hydrogen-bond acceptors (Lipinski definition) is 5. The number of nitrogens with zero attached hydrogens (tertiary/aromatic N) is 3. The number of non-ortho nitro benzene ring substituents is 1. The summed E-state index contributed by atoms with van der Waals surface area (Å²) in [6.07, 6.45) is 1.65. The molecule has 132 valence electrons. The monoisotopic (exact) mass is 367 g/mol. The summed E-state index contributed by atoms with van der Waals surface area (Å²) in [7, 11) is 0. The third-order valence-corrected chi connectivity index (χ3v) is 5.12. The number of fused-ring (bicyclic) bond motifs is 1. The molecule has 0 aliphatic heterocycles. The molecule has 1 atom stereocenters. The van der Waals surface area contributed by atoms with E-state index >= 15 is 0 Å². The lowest BCUT2D eigenvalue weighted by Crippen LogP contribution is -2.23. The molecule has 0 unspecified atom stereocenters. The molecule has 26 heavy (non-hydrogen) atoms. The van der Waals surface area contributed by atoms with Crippen molar-refractivity contribution in [3.05, 3.63) is 87.2 Å². The zero-order valence-electron chi connectivity index (χ0n) is 14.2. The van der Waals surface area contributed by atoms with Crippen molar-refractivity contribution in [1.29, 1.82) is 0 Å². The minimum Gasteiger partial charge on any atom is -0.283 e. The highest BCUT2D eigenvalue weighted by Crippen LogP contribution is 2.35. The van der Waals surface area contributed by atoms with Crippen LogP contribution in [0.2, 0.25) is 0 Å². The molecule has 1 aromatic heterocycles. The Balaban J connectivity index is 2.03. The Kier molecular flexibility index (Phi) is 5.18. The van der Waals surface area contributed by atoms with Gasteiger partial charge in [0.1, 0.15) is 0 Å². The minimum atomic E-state index is -0.414. The van der Waals surface area contributed by atoms with Crippen LogP contribution in [0.5, 0.6) is 0 Å². The SMILES string of the molecule is C=CCn1c(S[C@@H](C)c2cccc([N+](=O)[O-])c2)nc2ccccc2c1=O. The van der Waals surface area contributed by atoms with Crippen molar-refractivity contribution < 1.29 is 4.92 Å². The van der Waals surface area contributed by atoms with Gasteiger partial charge < -0.3 is 0 Å². The standard InChI is InChI=1S/C19H17N3O3S/c1-3-11-21-18(23)16-9-4-5-10-17(16)20-19(21)26-13(2)14-7-6-8-15(12-14)22(24)25/h3-10,12-13H,1,11H2,2H3/t13-/m0/s1. The molecule has 0 amide bonds. The zero-order chi connectivity index (χ0) is 18.7. The smallest absolute Gasteiger partial charge is 0.269 e. The van der Waals surface area contributed by atoms with E-state index in [0.717, 1.165) is 5.56 Å². The highest BCUT2D eigenvalue weighted by molar-refractivity contribution is 7.99. The summed E-state index contributed by atoms with van der Waals surface area (Å²) in [5.41, 5.74) is 1.36. The van der Waals surface area contributed by atoms with E-state index < -0.39 is 4.92 Å². The third-order valence-electron chi connectivity index (χ3n) is 3.97. The van der Waals surface area contributed by atoms with E-state index in [1.165, 1.54) is 17.8 Å². The molecule has 0 radical (unpaired) electrons. The van der Waals surface area contributed by atoms with Crippen molar-refractivity contribution in [2.24, 2.45) is 0 Å². The largest absolute Gasteiger partial charge is 0.283 e. The van der Waals surface area contributed by atoms with Gasteiger partial charge in [-0.3, -0.25) is 19.5 Å². The van der Waals surface area contributed by atoms with E-state index in [0.29, 0.717) is 22.6 Å². The van der Waals surface area contributed by atoms with Crippen LogP contribution in [-0.2, 0) is 6.54 Å². The first kappa shape index (κ1) is 17.9. The van der Waals surface area contributed by atoms with Gasteiger partial charge in [0.15, 0.2) is 5.16 Å². The summed E-state index contributed by atoms with van der Waals surface area (Å²) < 4.78 is 1.58. The van der Waals surface area contributed by atoms with Crippen molar-refractivity contribution in [2.45, 2.75) is 23.9 Å². The topological polar surface area (TPSA) is 78.0 Å². The summed E-state index contributed by atoms with van der Waals surface area (Å²) in [5, 5.41) is 12.0. The Hall–Kier alpha value is -2.93. The van der Waals surface area contributed by atoms with Crippen molar-refractivity contribution in [3.63, 3.8) is 0 Å². The number of nitro groups is 1. The van der Waals surface area contributed by atoms with Crippen LogP contribution in [0.3, 0.4) is 0 Å². The molecule has 0 saturated heterocycles. The quantitative estimate of drug-likeness (QED) is 0.213. The number of allylic oxidation sites excluding steroid dienone is 1. The zero-order valence-corrected chi connectivity index (χ0v) is 15.0. The van der Waals surface area contributed by atoms with E-state index in [-0.39, 0.29) is 16.5 Å². The Morgan fingerprint density at radius 3 is 2.81 bits per heavy atom. The summed E-state index contributed by atoms with van der Waals surface area (Å²) in [6.45, 7) is 6.00. The number of aromatic nitrogens is 2. The van der Waals surface area contributed by atoms with Crippen LogP contribution < -0.4 is 5.56 Å². The molecule has 7 heteroatoms. The Morgan fingerprint density at radius 1 is 1.31 bits per heavy atom. The number of nitro benzene ring substituents is 1. The lowest BCUT2D eigenvalue weighted by atomic mass is 10.1. The van der Waals surface area contributed by atoms with Gasteiger partial charge in [-0.15, -0.1) is 6.58 Å². The molecule has 0 fully saturated rings. The molecular weight excluding hydrogens is 350 g/mol. The van der Waals surface area contributed by atoms with Gasteiger partial charge in [-0.1, -0.05) is 42.1 Å². The Labute approximate surface area is 154 Å². The molecule has 3 aromatic rings. The highest BCUT2D eigenvalue weighted by Gasteiger charge is 2.17. The lowest BCUT2D eigenvalue weighted by molar-refractivity contribution is -0.384. The fourth-order valence-corrected chi connectivity index (χ4v) is 3.68. The van der Waals surface area contributed by atoms with Gasteiger partial charge in [0.2, 0.25) is 0 Å². The first-order valence-electron chi connectivity index (χ1n) is 8.02. The van der Waals surface area contributed by atoms with E-state index in [9.17, 15) is 14.9 Å². The predicted octanol–water partition coefficient (Wildman–Crippen LogP) is 4.34. The summed E-state index contributed by atoms with van der Waals surface area (Å²) in [4.78, 5) is 28.0. The summed E-state index contributed by atoms with van der Waals surface area (Å²) in [6, 6.07) is 13.7. The van der Waals surface area contributed by atoms with Crippen LogP contribution in [0.4, 0.5) is 5.69 Å². The fourth-order valence-electron chi connectivity index (χ4n) is 2.65. The number of para-hydroxylation sites is 1. The second-order valence-corrected chi connectivity index (χ2v) is 7.04. The van der Waals surface area contributed by atoms with Crippen molar-refractivity contribution in [2.75, 3.05) is 0 Å². The molecule has 0 aliphatic rings. The van der Waals surface area contributed by atoms with Crippen LogP contribution in [0, 0.1) is 10.1 Å². The van der Waals surface area contributed by atoms with Crippen molar-refractivity contribution in [3.8, 4) is 0 Å². The van der Waals surface area contributed by atoms with E-state index in [1.54, 1.807) is 34.9 Å². The lowest BCUT2D eigenvalue weighted by Gasteiger charge is -2.15. The molecule has 2 aromatic carbocycles. The van der Waals surface area contributed by atoms with E-state index in [4.69, 9.17) is 0 Å². The Bertz CT molecular complexity index is 1050. The van der Waals surface area contributed by atoms with Crippen LogP contribution in [-0.4, -0.2) is 14.5 Å². The van der Waals surface area contributed by atoms with Crippen LogP contribution in [0.25, 0.3) is 10.9 Å². The van der Waals surface area contributed by atoms with Gasteiger partial charge >= 0.3 is 0 Å². The number of thioether (sulfide) groups is 1.